The second-order valence-corrected chi connectivity index (χ2v) is 7.75. The molecule has 3 heterocycles. The Morgan fingerprint density at radius 1 is 1.20 bits per heavy atom. The van der Waals surface area contributed by atoms with Crippen LogP contribution < -0.4 is 0 Å². The molecule has 1 amide bonds. The minimum Gasteiger partial charge on any atom is -0.414 e. The summed E-state index contributed by atoms with van der Waals surface area (Å²) in [7, 11) is 0. The summed E-state index contributed by atoms with van der Waals surface area (Å²) in [5.41, 5.74) is 1.00. The van der Waals surface area contributed by atoms with Gasteiger partial charge in [-0.15, -0.1) is 10.2 Å². The lowest BCUT2D eigenvalue weighted by atomic mass is 10.1. The average molecular weight is 361 g/mol. The van der Waals surface area contributed by atoms with Gasteiger partial charge in [-0.2, -0.15) is 0 Å². The molecule has 25 heavy (non-hydrogen) atoms. The van der Waals surface area contributed by atoms with Gasteiger partial charge in [0.1, 0.15) is 10.9 Å². The Bertz CT molecular complexity index is 733. The third-order valence-corrected chi connectivity index (χ3v) is 4.74. The molecule has 0 saturated carbocycles. The number of hydrogen-bond acceptors (Lipinski definition) is 7. The van der Waals surface area contributed by atoms with Gasteiger partial charge < -0.3 is 9.32 Å². The maximum Gasteiger partial charge on any atom is 0.283 e. The fourth-order valence-corrected chi connectivity index (χ4v) is 3.25. The lowest BCUT2D eigenvalue weighted by molar-refractivity contribution is -0.128. The molecule has 0 unspecified atom stereocenters. The van der Waals surface area contributed by atoms with Crippen LogP contribution in [0.25, 0.3) is 0 Å². The van der Waals surface area contributed by atoms with E-state index in [-0.39, 0.29) is 11.8 Å². The maximum absolute atomic E-state index is 11.7. The molecule has 2 aromatic heterocycles. The van der Waals surface area contributed by atoms with Crippen molar-refractivity contribution in [2.45, 2.75) is 69.2 Å². The van der Waals surface area contributed by atoms with Crippen LogP contribution in [0.15, 0.2) is 20.7 Å². The standard InChI is InChI=1S/C17H23N5O2S/c1-10(2)12-8-14(19-16(18-12)11(3)4)25-17-21-20-13(24-17)9-22-7-5-6-15(22)23/h8,10-11H,5-7,9H2,1-4H3. The van der Waals surface area contributed by atoms with Gasteiger partial charge in [0.25, 0.3) is 5.22 Å². The second kappa shape index (κ2) is 7.51. The Labute approximate surface area is 151 Å². The zero-order valence-corrected chi connectivity index (χ0v) is 15.8. The predicted octanol–water partition coefficient (Wildman–Crippen LogP) is 3.38. The molecule has 0 spiro atoms. The Morgan fingerprint density at radius 3 is 2.64 bits per heavy atom. The van der Waals surface area contributed by atoms with E-state index < -0.39 is 0 Å². The van der Waals surface area contributed by atoms with Crippen molar-refractivity contribution in [3.05, 3.63) is 23.5 Å². The summed E-state index contributed by atoms with van der Waals surface area (Å²) in [5.74, 6) is 1.99. The van der Waals surface area contributed by atoms with Gasteiger partial charge in [-0.05, 0) is 30.2 Å². The SMILES string of the molecule is CC(C)c1cc(Sc2nnc(CN3CCCC3=O)o2)nc(C(C)C)n1. The molecule has 1 fully saturated rings. The van der Waals surface area contributed by atoms with Crippen LogP contribution in [0.1, 0.15) is 69.8 Å². The molecule has 1 aliphatic heterocycles. The minimum atomic E-state index is 0.145. The topological polar surface area (TPSA) is 85.0 Å². The number of carbonyl (C=O) groups excluding carboxylic acids is 1. The monoisotopic (exact) mass is 361 g/mol. The van der Waals surface area contributed by atoms with Gasteiger partial charge >= 0.3 is 0 Å². The van der Waals surface area contributed by atoms with Gasteiger partial charge in [-0.1, -0.05) is 27.7 Å². The van der Waals surface area contributed by atoms with Crippen LogP contribution in [0.3, 0.4) is 0 Å². The number of nitrogens with zero attached hydrogens (tertiary/aromatic N) is 5. The first-order valence-corrected chi connectivity index (χ1v) is 9.41. The number of amides is 1. The van der Waals surface area contributed by atoms with Crippen molar-refractivity contribution in [2.24, 2.45) is 0 Å². The molecule has 7 nitrogen and oxygen atoms in total. The molecular weight excluding hydrogens is 338 g/mol. The molecule has 1 saturated heterocycles. The summed E-state index contributed by atoms with van der Waals surface area (Å²) >= 11 is 1.34. The summed E-state index contributed by atoms with van der Waals surface area (Å²) in [4.78, 5) is 22.7. The van der Waals surface area contributed by atoms with Crippen LogP contribution in [-0.2, 0) is 11.3 Å². The third-order valence-electron chi connectivity index (χ3n) is 3.99. The number of rotatable bonds is 6. The van der Waals surface area contributed by atoms with Crippen LogP contribution in [0, 0.1) is 0 Å². The second-order valence-electron chi connectivity index (χ2n) is 6.78. The van der Waals surface area contributed by atoms with Crippen molar-refractivity contribution < 1.29 is 9.21 Å². The first kappa shape index (κ1) is 17.8. The third kappa shape index (κ3) is 4.36. The summed E-state index contributed by atoms with van der Waals surface area (Å²) in [6.07, 6.45) is 1.50. The number of aromatic nitrogens is 4. The van der Waals surface area contributed by atoms with Gasteiger partial charge in [0.05, 0.1) is 6.54 Å². The van der Waals surface area contributed by atoms with Crippen LogP contribution in [0.4, 0.5) is 0 Å². The Morgan fingerprint density at radius 2 is 2.00 bits per heavy atom. The number of hydrogen-bond donors (Lipinski definition) is 0. The van der Waals surface area contributed by atoms with E-state index in [9.17, 15) is 4.79 Å². The smallest absolute Gasteiger partial charge is 0.283 e. The molecule has 0 aromatic carbocycles. The first-order chi connectivity index (χ1) is 11.9. The van der Waals surface area contributed by atoms with Crippen LogP contribution in [0.2, 0.25) is 0 Å². The highest BCUT2D eigenvalue weighted by atomic mass is 32.2. The van der Waals surface area contributed by atoms with Crippen molar-refractivity contribution in [1.82, 2.24) is 25.1 Å². The van der Waals surface area contributed by atoms with E-state index in [0.29, 0.717) is 30.0 Å². The molecule has 0 atom stereocenters. The quantitative estimate of drug-likeness (QED) is 0.729. The van der Waals surface area contributed by atoms with E-state index in [1.165, 1.54) is 11.8 Å². The molecule has 0 bridgehead atoms. The zero-order chi connectivity index (χ0) is 18.0. The summed E-state index contributed by atoms with van der Waals surface area (Å²) in [6.45, 7) is 9.50. The summed E-state index contributed by atoms with van der Waals surface area (Å²) < 4.78 is 5.68. The molecule has 0 N–H and O–H groups in total. The van der Waals surface area contributed by atoms with Crippen molar-refractivity contribution >= 4 is 17.7 Å². The summed E-state index contributed by atoms with van der Waals surface area (Å²) in [6, 6.07) is 1.97. The highest BCUT2D eigenvalue weighted by molar-refractivity contribution is 7.99. The molecular formula is C17H23N5O2S. The van der Waals surface area contributed by atoms with Crippen molar-refractivity contribution in [3.63, 3.8) is 0 Å². The lowest BCUT2D eigenvalue weighted by Crippen LogP contribution is -2.23. The van der Waals surface area contributed by atoms with E-state index in [1.54, 1.807) is 4.90 Å². The zero-order valence-electron chi connectivity index (χ0n) is 15.0. The van der Waals surface area contributed by atoms with Gasteiger partial charge in [0.2, 0.25) is 11.8 Å². The van der Waals surface area contributed by atoms with Gasteiger partial charge in [-0.3, -0.25) is 4.79 Å². The van der Waals surface area contributed by atoms with Gasteiger partial charge in [-0.25, -0.2) is 9.97 Å². The minimum absolute atomic E-state index is 0.145. The average Bonchev–Trinajstić information content (AvgIpc) is 3.17. The molecule has 2 aromatic rings. The highest BCUT2D eigenvalue weighted by Crippen LogP contribution is 2.28. The van der Waals surface area contributed by atoms with Gasteiger partial charge in [0, 0.05) is 24.6 Å². The highest BCUT2D eigenvalue weighted by Gasteiger charge is 2.22. The largest absolute Gasteiger partial charge is 0.414 e. The number of likely N-dealkylation sites (tertiary alicyclic amines) is 1. The van der Waals surface area contributed by atoms with Crippen molar-refractivity contribution in [2.75, 3.05) is 6.54 Å². The van der Waals surface area contributed by atoms with E-state index >= 15 is 0 Å². The molecule has 3 rings (SSSR count). The first-order valence-electron chi connectivity index (χ1n) is 8.59. The van der Waals surface area contributed by atoms with E-state index in [0.717, 1.165) is 29.5 Å². The fraction of sp³-hybridized carbons (Fsp3) is 0.588. The maximum atomic E-state index is 11.7. The van der Waals surface area contributed by atoms with Crippen LogP contribution in [0.5, 0.6) is 0 Å². The van der Waals surface area contributed by atoms with Crippen molar-refractivity contribution in [1.29, 1.82) is 0 Å². The van der Waals surface area contributed by atoms with E-state index in [1.807, 2.05) is 6.07 Å². The van der Waals surface area contributed by atoms with Gasteiger partial charge in [0.15, 0.2) is 0 Å². The normalized spacial score (nSPS) is 15.0. The summed E-state index contributed by atoms with van der Waals surface area (Å²) in [5, 5.41) is 9.36. The molecule has 0 radical (unpaired) electrons. The Kier molecular flexibility index (Phi) is 5.36. The van der Waals surface area contributed by atoms with E-state index in [2.05, 4.69) is 47.9 Å². The Balaban J connectivity index is 1.75. The Hall–Kier alpha value is -1.96. The molecule has 0 aliphatic carbocycles. The lowest BCUT2D eigenvalue weighted by Gasteiger charge is -2.11. The van der Waals surface area contributed by atoms with Crippen LogP contribution >= 0.6 is 11.8 Å². The molecule has 8 heteroatoms. The van der Waals surface area contributed by atoms with Crippen LogP contribution in [-0.4, -0.2) is 37.5 Å². The predicted molar refractivity (Wildman–Crippen MR) is 93.3 cm³/mol. The molecule has 134 valence electrons. The van der Waals surface area contributed by atoms with Crippen molar-refractivity contribution in [3.8, 4) is 0 Å². The number of carbonyl (C=O) groups is 1. The fourth-order valence-electron chi connectivity index (χ4n) is 2.53. The van der Waals surface area contributed by atoms with E-state index in [4.69, 9.17) is 4.42 Å². The molecule has 1 aliphatic rings.